The Balaban J connectivity index is 3.64. The molecule has 0 aliphatic carbocycles. The zero-order valence-electron chi connectivity index (χ0n) is 8.63. The number of hydrogen-bond acceptors (Lipinski definition) is 7. The van der Waals surface area contributed by atoms with Gasteiger partial charge >= 0.3 is 5.97 Å². The smallest absolute Gasteiger partial charge is 0.321 e. The summed E-state index contributed by atoms with van der Waals surface area (Å²) in [6.45, 7) is 1.25. The molecule has 0 saturated carbocycles. The van der Waals surface area contributed by atoms with E-state index in [9.17, 15) is 9.59 Å². The van der Waals surface area contributed by atoms with Crippen LogP contribution in [0.25, 0.3) is 0 Å². The zero-order chi connectivity index (χ0) is 12.4. The molecule has 2 atom stereocenters. The highest BCUT2D eigenvalue weighted by Crippen LogP contribution is 1.89. The average molecular weight is 268 g/mol. The molecule has 0 aromatic carbocycles. The van der Waals surface area contributed by atoms with Gasteiger partial charge in [-0.3, -0.25) is 14.9 Å². The Bertz CT molecular complexity index is 218. The van der Waals surface area contributed by atoms with Crippen LogP contribution in [0.4, 0.5) is 0 Å². The van der Waals surface area contributed by atoms with E-state index in [0.29, 0.717) is 25.3 Å². The fraction of sp³-hybridized carbons (Fsp3) is 0.750. The minimum absolute atomic E-state index is 0.218. The third-order valence-electron chi connectivity index (χ3n) is 1.75. The molecule has 0 fully saturated rings. The topological polar surface area (TPSA) is 87.7 Å². The minimum atomic E-state index is -0.940. The van der Waals surface area contributed by atoms with E-state index < -0.39 is 18.2 Å². The van der Waals surface area contributed by atoms with E-state index in [4.69, 9.17) is 5.11 Å². The van der Waals surface area contributed by atoms with E-state index in [1.165, 1.54) is 0 Å². The van der Waals surface area contributed by atoms with Gasteiger partial charge in [0.2, 0.25) is 0 Å². The summed E-state index contributed by atoms with van der Waals surface area (Å²) in [5, 5.41) is 14.4. The van der Waals surface area contributed by atoms with Crippen molar-refractivity contribution < 1.29 is 19.4 Å². The second kappa shape index (κ2) is 9.76. The summed E-state index contributed by atoms with van der Waals surface area (Å²) in [5.41, 5.74) is 0. The molecule has 0 saturated heterocycles. The number of carboxylic acid groups (broad SMARTS) is 1. The number of rotatable bonds is 10. The first-order chi connectivity index (χ1) is 7.65. The highest BCUT2D eigenvalue weighted by atomic mass is 32.1. The summed E-state index contributed by atoms with van der Waals surface area (Å²) in [4.78, 5) is 20.7. The van der Waals surface area contributed by atoms with Crippen molar-refractivity contribution in [1.82, 2.24) is 10.6 Å². The quantitative estimate of drug-likeness (QED) is 0.151. The number of carbonyl (C=O) groups is 2. The average Bonchev–Trinajstić information content (AvgIpc) is 2.27. The molecular formula is C8H16N2O4S2. The van der Waals surface area contributed by atoms with Crippen molar-refractivity contribution >= 4 is 37.7 Å². The van der Waals surface area contributed by atoms with E-state index in [1.807, 2.05) is 0 Å². The number of carbonyl (C=O) groups excluding carboxylic acids is 1. The number of carboxylic acids is 1. The molecule has 94 valence electrons. The van der Waals surface area contributed by atoms with Gasteiger partial charge in [-0.2, -0.15) is 25.3 Å². The van der Waals surface area contributed by atoms with Crippen LogP contribution in [0.5, 0.6) is 0 Å². The molecule has 0 spiro atoms. The van der Waals surface area contributed by atoms with Crippen LogP contribution in [-0.4, -0.2) is 54.4 Å². The molecule has 8 heteroatoms. The summed E-state index contributed by atoms with van der Waals surface area (Å²) < 4.78 is 4.64. The van der Waals surface area contributed by atoms with Crippen molar-refractivity contribution in [2.75, 3.05) is 24.6 Å². The fourth-order valence-corrected chi connectivity index (χ4v) is 1.43. The molecule has 0 aromatic rings. The van der Waals surface area contributed by atoms with Crippen molar-refractivity contribution in [2.24, 2.45) is 0 Å². The van der Waals surface area contributed by atoms with E-state index in [-0.39, 0.29) is 5.75 Å². The molecule has 0 radical (unpaired) electrons. The highest BCUT2D eigenvalue weighted by Gasteiger charge is 2.13. The van der Waals surface area contributed by atoms with Crippen LogP contribution < -0.4 is 10.6 Å². The SMILES string of the molecule is O=COC(CS)NCCNC(CS)C(=O)O. The van der Waals surface area contributed by atoms with Gasteiger partial charge in [-0.05, 0) is 0 Å². The molecule has 0 bridgehead atoms. The standard InChI is InChI=1S/C8H16N2O4S2/c11-5-14-7(4-16)10-2-1-9-6(3-15)8(12)13/h5-7,9-10,15-16H,1-4H2,(H,12,13). The normalized spacial score (nSPS) is 14.1. The summed E-state index contributed by atoms with van der Waals surface area (Å²) in [6, 6.07) is -0.674. The molecule has 0 rings (SSSR count). The van der Waals surface area contributed by atoms with Crippen LogP contribution in [0.3, 0.4) is 0 Å². The van der Waals surface area contributed by atoms with Gasteiger partial charge in [0.1, 0.15) is 6.04 Å². The van der Waals surface area contributed by atoms with Gasteiger partial charge in [-0.1, -0.05) is 0 Å². The zero-order valence-corrected chi connectivity index (χ0v) is 10.4. The van der Waals surface area contributed by atoms with Crippen molar-refractivity contribution in [3.8, 4) is 0 Å². The van der Waals surface area contributed by atoms with E-state index in [0.717, 1.165) is 0 Å². The van der Waals surface area contributed by atoms with Crippen molar-refractivity contribution in [3.05, 3.63) is 0 Å². The Kier molecular flexibility index (Phi) is 9.49. The molecule has 3 N–H and O–H groups in total. The first-order valence-corrected chi connectivity index (χ1v) is 5.92. The molecule has 0 aliphatic heterocycles. The molecule has 0 amide bonds. The Morgan fingerprint density at radius 1 is 1.31 bits per heavy atom. The number of aliphatic carboxylic acids is 1. The lowest BCUT2D eigenvalue weighted by Gasteiger charge is -2.16. The van der Waals surface area contributed by atoms with Crippen LogP contribution >= 0.6 is 25.3 Å². The van der Waals surface area contributed by atoms with Crippen LogP contribution in [0.1, 0.15) is 0 Å². The summed E-state index contributed by atoms with van der Waals surface area (Å²) in [7, 11) is 0. The first kappa shape index (κ1) is 15.6. The van der Waals surface area contributed by atoms with Crippen LogP contribution in [0.2, 0.25) is 0 Å². The minimum Gasteiger partial charge on any atom is -0.480 e. The summed E-state index contributed by atoms with van der Waals surface area (Å²) >= 11 is 7.87. The third kappa shape index (κ3) is 6.94. The number of thiol groups is 2. The third-order valence-corrected chi connectivity index (χ3v) is 2.45. The maximum atomic E-state index is 10.6. The highest BCUT2D eigenvalue weighted by molar-refractivity contribution is 7.80. The lowest BCUT2D eigenvalue weighted by Crippen LogP contribution is -2.44. The molecule has 0 heterocycles. The van der Waals surface area contributed by atoms with Crippen molar-refractivity contribution in [1.29, 1.82) is 0 Å². The van der Waals surface area contributed by atoms with E-state index in [1.54, 1.807) is 0 Å². The molecule has 0 aromatic heterocycles. The lowest BCUT2D eigenvalue weighted by molar-refractivity contribution is -0.138. The van der Waals surface area contributed by atoms with Gasteiger partial charge in [0, 0.05) is 24.6 Å². The first-order valence-electron chi connectivity index (χ1n) is 4.66. The van der Waals surface area contributed by atoms with Gasteiger partial charge in [-0.25, -0.2) is 0 Å². The predicted octanol–water partition coefficient (Wildman–Crippen LogP) is -1.02. The van der Waals surface area contributed by atoms with Crippen molar-refractivity contribution in [3.63, 3.8) is 0 Å². The largest absolute Gasteiger partial charge is 0.480 e. The van der Waals surface area contributed by atoms with Crippen LogP contribution in [0, 0.1) is 0 Å². The summed E-state index contributed by atoms with van der Waals surface area (Å²) in [6.07, 6.45) is -0.457. The Morgan fingerprint density at radius 3 is 2.38 bits per heavy atom. The van der Waals surface area contributed by atoms with E-state index in [2.05, 4.69) is 40.6 Å². The van der Waals surface area contributed by atoms with Gasteiger partial charge in [0.25, 0.3) is 6.47 Å². The second-order valence-corrected chi connectivity index (χ2v) is 3.62. The van der Waals surface area contributed by atoms with Gasteiger partial charge in [0.15, 0.2) is 6.23 Å². The van der Waals surface area contributed by atoms with Gasteiger partial charge in [-0.15, -0.1) is 0 Å². The Morgan fingerprint density at radius 2 is 1.94 bits per heavy atom. The Labute approximate surface area is 105 Å². The maximum absolute atomic E-state index is 10.6. The van der Waals surface area contributed by atoms with Crippen LogP contribution in [-0.2, 0) is 14.3 Å². The Hall–Kier alpha value is -0.440. The monoisotopic (exact) mass is 268 g/mol. The fourth-order valence-electron chi connectivity index (χ4n) is 0.932. The predicted molar refractivity (Wildman–Crippen MR) is 66.1 cm³/mol. The molecule has 0 aliphatic rings. The molecule has 16 heavy (non-hydrogen) atoms. The van der Waals surface area contributed by atoms with Crippen molar-refractivity contribution in [2.45, 2.75) is 12.3 Å². The van der Waals surface area contributed by atoms with Gasteiger partial charge < -0.3 is 15.2 Å². The molecule has 6 nitrogen and oxygen atoms in total. The number of nitrogens with one attached hydrogen (secondary N) is 2. The lowest BCUT2D eigenvalue weighted by atomic mass is 10.3. The second-order valence-electron chi connectivity index (χ2n) is 2.89. The molecular weight excluding hydrogens is 252 g/mol. The summed E-state index contributed by atoms with van der Waals surface area (Å²) in [5.74, 6) is -0.367. The van der Waals surface area contributed by atoms with Gasteiger partial charge in [0.05, 0.1) is 0 Å². The van der Waals surface area contributed by atoms with E-state index >= 15 is 0 Å². The molecule has 2 unspecified atom stereocenters. The number of hydrogen-bond donors (Lipinski definition) is 5. The number of ether oxygens (including phenoxy) is 1. The maximum Gasteiger partial charge on any atom is 0.321 e. The van der Waals surface area contributed by atoms with Crippen LogP contribution in [0.15, 0.2) is 0 Å².